The van der Waals surface area contributed by atoms with Crippen LogP contribution in [0, 0.1) is 0 Å². The van der Waals surface area contributed by atoms with Crippen LogP contribution in [-0.4, -0.2) is 43.0 Å². The third-order valence-electron chi connectivity index (χ3n) is 3.41. The van der Waals surface area contributed by atoms with Crippen LogP contribution in [0.1, 0.15) is 20.8 Å². The molecule has 0 aromatic carbocycles. The Labute approximate surface area is 124 Å². The van der Waals surface area contributed by atoms with E-state index in [0.717, 1.165) is 6.08 Å². The number of esters is 2. The topological polar surface area (TPSA) is 61.8 Å². The SMILES string of the molecule is CCOC(=O)C1=C(C(=O)OCC)C2(C)C=C(C(F)(F)F)C1O2. The number of ether oxygens (including phenoxy) is 3. The lowest BCUT2D eigenvalue weighted by molar-refractivity contribution is -0.142. The van der Waals surface area contributed by atoms with E-state index in [0.29, 0.717) is 0 Å². The molecule has 122 valence electrons. The van der Waals surface area contributed by atoms with Gasteiger partial charge in [-0.05, 0) is 26.8 Å². The highest BCUT2D eigenvalue weighted by atomic mass is 19.4. The van der Waals surface area contributed by atoms with Crippen LogP contribution in [-0.2, 0) is 23.8 Å². The maximum atomic E-state index is 13.0. The molecule has 2 aliphatic heterocycles. The van der Waals surface area contributed by atoms with Crippen molar-refractivity contribution >= 4 is 11.9 Å². The van der Waals surface area contributed by atoms with Crippen LogP contribution in [0.5, 0.6) is 0 Å². The zero-order valence-electron chi connectivity index (χ0n) is 12.2. The Morgan fingerprint density at radius 1 is 1.23 bits per heavy atom. The van der Waals surface area contributed by atoms with Crippen LogP contribution in [0.25, 0.3) is 0 Å². The van der Waals surface area contributed by atoms with Crippen molar-refractivity contribution in [1.29, 1.82) is 0 Å². The van der Waals surface area contributed by atoms with Crippen LogP contribution < -0.4 is 0 Å². The van der Waals surface area contributed by atoms with Gasteiger partial charge in [0.05, 0.1) is 29.9 Å². The number of alkyl halides is 3. The fourth-order valence-corrected chi connectivity index (χ4v) is 2.62. The summed E-state index contributed by atoms with van der Waals surface area (Å²) < 4.78 is 54.0. The molecule has 0 amide bonds. The van der Waals surface area contributed by atoms with E-state index < -0.39 is 41.0 Å². The molecule has 2 rings (SSSR count). The smallest absolute Gasteiger partial charge is 0.415 e. The molecule has 0 spiro atoms. The van der Waals surface area contributed by atoms with Gasteiger partial charge in [0.25, 0.3) is 0 Å². The minimum absolute atomic E-state index is 0.0228. The highest BCUT2D eigenvalue weighted by molar-refractivity contribution is 6.05. The van der Waals surface area contributed by atoms with E-state index in [4.69, 9.17) is 14.2 Å². The number of fused-ring (bicyclic) bond motifs is 2. The van der Waals surface area contributed by atoms with E-state index in [-0.39, 0.29) is 18.8 Å². The number of hydrogen-bond acceptors (Lipinski definition) is 5. The molecule has 0 saturated heterocycles. The first-order chi connectivity index (χ1) is 10.2. The molecule has 0 N–H and O–H groups in total. The summed E-state index contributed by atoms with van der Waals surface area (Å²) in [6, 6.07) is 0. The summed E-state index contributed by atoms with van der Waals surface area (Å²) in [7, 11) is 0. The average Bonchev–Trinajstić information content (AvgIpc) is 2.88. The fourth-order valence-electron chi connectivity index (χ4n) is 2.62. The van der Waals surface area contributed by atoms with E-state index in [1.54, 1.807) is 6.92 Å². The molecule has 2 atom stereocenters. The lowest BCUT2D eigenvalue weighted by atomic mass is 9.84. The lowest BCUT2D eigenvalue weighted by Crippen LogP contribution is -2.32. The van der Waals surface area contributed by atoms with Crippen LogP contribution in [0.2, 0.25) is 0 Å². The molecule has 5 nitrogen and oxygen atoms in total. The van der Waals surface area contributed by atoms with Crippen molar-refractivity contribution in [3.8, 4) is 0 Å². The lowest BCUT2D eigenvalue weighted by Gasteiger charge is -2.21. The molecule has 2 aliphatic rings. The van der Waals surface area contributed by atoms with Crippen molar-refractivity contribution in [3.05, 3.63) is 22.8 Å². The molecule has 2 bridgehead atoms. The van der Waals surface area contributed by atoms with Gasteiger partial charge in [-0.3, -0.25) is 0 Å². The first-order valence-electron chi connectivity index (χ1n) is 6.72. The molecular weight excluding hydrogens is 305 g/mol. The summed E-state index contributed by atoms with van der Waals surface area (Å²) in [6.45, 7) is 4.34. The molecule has 2 heterocycles. The van der Waals surface area contributed by atoms with Crippen molar-refractivity contribution in [2.24, 2.45) is 0 Å². The molecule has 0 radical (unpaired) electrons. The number of halogens is 3. The van der Waals surface area contributed by atoms with Gasteiger partial charge in [0.15, 0.2) is 0 Å². The Kier molecular flexibility index (Phi) is 4.08. The standard InChI is InChI=1S/C14H15F3O5/c1-4-20-11(18)8-9(12(19)21-5-2)13(3)6-7(10(8)22-13)14(15,16)17/h6,10H,4-5H2,1-3H3. The highest BCUT2D eigenvalue weighted by Gasteiger charge is 2.60. The second kappa shape index (κ2) is 5.42. The Hall–Kier alpha value is -1.83. The van der Waals surface area contributed by atoms with E-state index in [9.17, 15) is 22.8 Å². The van der Waals surface area contributed by atoms with E-state index in [2.05, 4.69) is 0 Å². The molecule has 0 saturated carbocycles. The van der Waals surface area contributed by atoms with Gasteiger partial charge in [-0.2, -0.15) is 13.2 Å². The van der Waals surface area contributed by atoms with E-state index >= 15 is 0 Å². The molecule has 0 aromatic rings. The minimum Gasteiger partial charge on any atom is -0.463 e. The minimum atomic E-state index is -4.67. The predicted octanol–water partition coefficient (Wildman–Crippen LogP) is 2.07. The third-order valence-corrected chi connectivity index (χ3v) is 3.41. The van der Waals surface area contributed by atoms with Gasteiger partial charge in [-0.1, -0.05) is 0 Å². The third kappa shape index (κ3) is 2.51. The van der Waals surface area contributed by atoms with Crippen LogP contribution >= 0.6 is 0 Å². The number of carbonyl (C=O) groups is 2. The second-order valence-corrected chi connectivity index (χ2v) is 4.93. The summed E-state index contributed by atoms with van der Waals surface area (Å²) >= 11 is 0. The van der Waals surface area contributed by atoms with Crippen LogP contribution in [0.3, 0.4) is 0 Å². The summed E-state index contributed by atoms with van der Waals surface area (Å²) in [4.78, 5) is 24.0. The van der Waals surface area contributed by atoms with Crippen molar-refractivity contribution in [2.75, 3.05) is 13.2 Å². The van der Waals surface area contributed by atoms with Gasteiger partial charge < -0.3 is 14.2 Å². The average molecular weight is 320 g/mol. The number of carbonyl (C=O) groups excluding carboxylic acids is 2. The highest BCUT2D eigenvalue weighted by Crippen LogP contribution is 2.51. The number of rotatable bonds is 4. The zero-order valence-corrected chi connectivity index (χ0v) is 12.2. The normalized spacial score (nSPS) is 27.0. The molecule has 8 heteroatoms. The van der Waals surface area contributed by atoms with Gasteiger partial charge in [0.1, 0.15) is 11.7 Å². The van der Waals surface area contributed by atoms with E-state index in [1.165, 1.54) is 13.8 Å². The Morgan fingerprint density at radius 3 is 2.27 bits per heavy atom. The second-order valence-electron chi connectivity index (χ2n) is 4.93. The summed E-state index contributed by atoms with van der Waals surface area (Å²) in [5, 5.41) is 0. The van der Waals surface area contributed by atoms with Gasteiger partial charge in [-0.15, -0.1) is 0 Å². The molecule has 0 aliphatic carbocycles. The van der Waals surface area contributed by atoms with Crippen molar-refractivity contribution in [2.45, 2.75) is 38.7 Å². The molecule has 0 aromatic heterocycles. The zero-order chi connectivity index (χ0) is 16.7. The first kappa shape index (κ1) is 16.5. The fraction of sp³-hybridized carbons (Fsp3) is 0.571. The molecule has 22 heavy (non-hydrogen) atoms. The molecule has 2 unspecified atom stereocenters. The Bertz CT molecular complexity index is 576. The quantitative estimate of drug-likeness (QED) is 0.586. The molecule has 0 fully saturated rings. The van der Waals surface area contributed by atoms with Gasteiger partial charge in [0.2, 0.25) is 0 Å². The van der Waals surface area contributed by atoms with Crippen molar-refractivity contribution in [1.82, 2.24) is 0 Å². The summed E-state index contributed by atoms with van der Waals surface area (Å²) in [6.07, 6.45) is -5.52. The monoisotopic (exact) mass is 320 g/mol. The summed E-state index contributed by atoms with van der Waals surface area (Å²) in [5.41, 5.74) is -3.32. The maximum absolute atomic E-state index is 13.0. The van der Waals surface area contributed by atoms with E-state index in [1.807, 2.05) is 0 Å². The van der Waals surface area contributed by atoms with Crippen LogP contribution in [0.15, 0.2) is 22.8 Å². The van der Waals surface area contributed by atoms with Gasteiger partial charge >= 0.3 is 18.1 Å². The number of hydrogen-bond donors (Lipinski definition) is 0. The van der Waals surface area contributed by atoms with Crippen molar-refractivity contribution in [3.63, 3.8) is 0 Å². The summed E-state index contributed by atoms with van der Waals surface area (Å²) in [5.74, 6) is -1.89. The van der Waals surface area contributed by atoms with Gasteiger partial charge in [0, 0.05) is 0 Å². The Morgan fingerprint density at radius 2 is 1.77 bits per heavy atom. The first-order valence-corrected chi connectivity index (χ1v) is 6.72. The van der Waals surface area contributed by atoms with Crippen LogP contribution in [0.4, 0.5) is 13.2 Å². The Balaban J connectivity index is 2.52. The molecular formula is C14H15F3O5. The maximum Gasteiger partial charge on any atom is 0.415 e. The largest absolute Gasteiger partial charge is 0.463 e. The predicted molar refractivity (Wildman–Crippen MR) is 67.7 cm³/mol. The van der Waals surface area contributed by atoms with Crippen molar-refractivity contribution < 1.29 is 37.0 Å². The van der Waals surface area contributed by atoms with Gasteiger partial charge in [-0.25, -0.2) is 9.59 Å².